The molecule has 0 unspecified atom stereocenters. The van der Waals surface area contributed by atoms with Crippen molar-refractivity contribution in [1.29, 1.82) is 0 Å². The number of hydrogen-bond acceptors (Lipinski definition) is 3. The number of ether oxygens (including phenoxy) is 1. The third-order valence-electron chi connectivity index (χ3n) is 1.50. The monoisotopic (exact) mass is 213 g/mol. The van der Waals surface area contributed by atoms with Crippen molar-refractivity contribution in [3.05, 3.63) is 12.7 Å². The molecule has 15 heavy (non-hydrogen) atoms. The van der Waals surface area contributed by atoms with E-state index in [0.717, 1.165) is 0 Å². The average Bonchev–Trinajstić information content (AvgIpc) is 2.09. The summed E-state index contributed by atoms with van der Waals surface area (Å²) in [5, 5.41) is 2.57. The van der Waals surface area contributed by atoms with Gasteiger partial charge in [-0.2, -0.15) is 0 Å². The van der Waals surface area contributed by atoms with Crippen LogP contribution < -0.4 is 5.32 Å². The van der Waals surface area contributed by atoms with Crippen molar-refractivity contribution < 1.29 is 14.3 Å². The van der Waals surface area contributed by atoms with Gasteiger partial charge in [-0.15, -0.1) is 0 Å². The van der Waals surface area contributed by atoms with Gasteiger partial charge in [0.15, 0.2) is 5.78 Å². The van der Waals surface area contributed by atoms with E-state index in [4.69, 9.17) is 4.74 Å². The molecule has 0 aliphatic rings. The molecular weight excluding hydrogens is 194 g/mol. The quantitative estimate of drug-likeness (QED) is 0.561. The average molecular weight is 213 g/mol. The summed E-state index contributed by atoms with van der Waals surface area (Å²) >= 11 is 0. The first-order chi connectivity index (χ1) is 6.85. The molecule has 0 saturated carbocycles. The van der Waals surface area contributed by atoms with Gasteiger partial charge in [-0.3, -0.25) is 4.79 Å². The van der Waals surface area contributed by atoms with Crippen molar-refractivity contribution in [3.63, 3.8) is 0 Å². The van der Waals surface area contributed by atoms with Crippen LogP contribution in [0.1, 0.15) is 33.6 Å². The predicted molar refractivity (Wildman–Crippen MR) is 58.7 cm³/mol. The molecule has 4 nitrogen and oxygen atoms in total. The summed E-state index contributed by atoms with van der Waals surface area (Å²) in [4.78, 5) is 22.0. The van der Waals surface area contributed by atoms with Crippen LogP contribution in [0.4, 0.5) is 4.79 Å². The third-order valence-corrected chi connectivity index (χ3v) is 1.50. The van der Waals surface area contributed by atoms with Crippen LogP contribution in [0.5, 0.6) is 0 Å². The molecule has 0 atom stereocenters. The second-order valence-corrected chi connectivity index (χ2v) is 4.20. The molecule has 0 aliphatic heterocycles. The van der Waals surface area contributed by atoms with Gasteiger partial charge < -0.3 is 10.1 Å². The summed E-state index contributed by atoms with van der Waals surface area (Å²) in [6, 6.07) is 0. The van der Waals surface area contributed by atoms with Crippen molar-refractivity contribution in [3.8, 4) is 0 Å². The van der Waals surface area contributed by atoms with E-state index in [9.17, 15) is 9.59 Å². The Balaban J connectivity index is 3.56. The molecule has 0 spiro atoms. The third kappa shape index (κ3) is 9.00. The van der Waals surface area contributed by atoms with Crippen molar-refractivity contribution in [2.24, 2.45) is 0 Å². The lowest BCUT2D eigenvalue weighted by Crippen LogP contribution is -2.33. The first-order valence-corrected chi connectivity index (χ1v) is 4.97. The summed E-state index contributed by atoms with van der Waals surface area (Å²) in [5.41, 5.74) is -0.485. The molecule has 0 radical (unpaired) electrons. The van der Waals surface area contributed by atoms with Crippen LogP contribution in [0, 0.1) is 0 Å². The van der Waals surface area contributed by atoms with E-state index in [0.29, 0.717) is 19.4 Å². The Labute approximate surface area is 90.7 Å². The fourth-order valence-corrected chi connectivity index (χ4v) is 0.869. The van der Waals surface area contributed by atoms with E-state index in [2.05, 4.69) is 11.9 Å². The van der Waals surface area contributed by atoms with Gasteiger partial charge in [0.1, 0.15) is 5.60 Å². The van der Waals surface area contributed by atoms with E-state index in [1.807, 2.05) is 0 Å². The number of carbonyl (C=O) groups is 2. The number of alkyl carbamates (subject to hydrolysis) is 1. The molecule has 0 rings (SSSR count). The Morgan fingerprint density at radius 3 is 2.47 bits per heavy atom. The second-order valence-electron chi connectivity index (χ2n) is 4.20. The molecule has 0 aromatic carbocycles. The number of hydrogen-bond donors (Lipinski definition) is 1. The van der Waals surface area contributed by atoms with Crippen molar-refractivity contribution in [2.45, 2.75) is 39.2 Å². The van der Waals surface area contributed by atoms with Gasteiger partial charge in [-0.25, -0.2) is 4.79 Å². The minimum Gasteiger partial charge on any atom is -0.444 e. The molecule has 1 amide bonds. The van der Waals surface area contributed by atoms with Gasteiger partial charge in [-0.05, 0) is 33.3 Å². The number of allylic oxidation sites excluding steroid dienone is 1. The Morgan fingerprint density at radius 1 is 1.40 bits per heavy atom. The highest BCUT2D eigenvalue weighted by atomic mass is 16.6. The molecule has 4 heteroatoms. The zero-order chi connectivity index (χ0) is 11.9. The smallest absolute Gasteiger partial charge is 0.407 e. The number of amides is 1. The van der Waals surface area contributed by atoms with Crippen LogP contribution in [0.3, 0.4) is 0 Å². The SMILES string of the molecule is C=CC(=O)CCCNC(=O)OC(C)(C)C. The maximum absolute atomic E-state index is 11.1. The number of rotatable bonds is 5. The lowest BCUT2D eigenvalue weighted by molar-refractivity contribution is -0.114. The first kappa shape index (κ1) is 13.7. The molecule has 0 fully saturated rings. The molecular formula is C11H19NO3. The van der Waals surface area contributed by atoms with Gasteiger partial charge in [-0.1, -0.05) is 6.58 Å². The van der Waals surface area contributed by atoms with Crippen LogP contribution in [0.15, 0.2) is 12.7 Å². The summed E-state index contributed by atoms with van der Waals surface area (Å²) < 4.78 is 5.02. The van der Waals surface area contributed by atoms with Crippen LogP contribution >= 0.6 is 0 Å². The fraction of sp³-hybridized carbons (Fsp3) is 0.636. The van der Waals surface area contributed by atoms with Crippen LogP contribution in [0.2, 0.25) is 0 Å². The summed E-state index contributed by atoms with van der Waals surface area (Å²) in [6.07, 6.45) is 1.84. The molecule has 0 aliphatic carbocycles. The minimum absolute atomic E-state index is 0.0130. The molecule has 0 heterocycles. The lowest BCUT2D eigenvalue weighted by atomic mass is 10.2. The normalized spacial score (nSPS) is 10.6. The molecule has 0 aromatic rings. The minimum atomic E-state index is -0.485. The standard InChI is InChI=1S/C11H19NO3/c1-5-9(13)7-6-8-12-10(14)15-11(2,3)4/h5H,1,6-8H2,2-4H3,(H,12,14). The van der Waals surface area contributed by atoms with Crippen LogP contribution in [-0.4, -0.2) is 24.0 Å². The van der Waals surface area contributed by atoms with E-state index in [-0.39, 0.29) is 5.78 Å². The second kappa shape index (κ2) is 6.22. The van der Waals surface area contributed by atoms with E-state index in [1.54, 1.807) is 20.8 Å². The summed E-state index contributed by atoms with van der Waals surface area (Å²) in [7, 11) is 0. The van der Waals surface area contributed by atoms with Gasteiger partial charge in [0.05, 0.1) is 0 Å². The molecule has 0 bridgehead atoms. The Bertz CT molecular complexity index is 241. The molecule has 0 saturated heterocycles. The van der Waals surface area contributed by atoms with Gasteiger partial charge >= 0.3 is 6.09 Å². The highest BCUT2D eigenvalue weighted by Crippen LogP contribution is 2.06. The van der Waals surface area contributed by atoms with Crippen molar-refractivity contribution in [1.82, 2.24) is 5.32 Å². The lowest BCUT2D eigenvalue weighted by Gasteiger charge is -2.19. The van der Waals surface area contributed by atoms with Gasteiger partial charge in [0, 0.05) is 13.0 Å². The summed E-state index contributed by atoms with van der Waals surface area (Å²) in [5.74, 6) is -0.0130. The fourth-order valence-electron chi connectivity index (χ4n) is 0.869. The highest BCUT2D eigenvalue weighted by molar-refractivity contribution is 5.88. The zero-order valence-electron chi connectivity index (χ0n) is 9.63. The van der Waals surface area contributed by atoms with Crippen molar-refractivity contribution in [2.75, 3.05) is 6.54 Å². The molecule has 86 valence electrons. The highest BCUT2D eigenvalue weighted by Gasteiger charge is 2.15. The maximum atomic E-state index is 11.1. The molecule has 1 N–H and O–H groups in total. The predicted octanol–water partition coefficient (Wildman–Crippen LogP) is 2.05. The van der Waals surface area contributed by atoms with E-state index in [1.165, 1.54) is 6.08 Å². The van der Waals surface area contributed by atoms with E-state index >= 15 is 0 Å². The number of nitrogens with one attached hydrogen (secondary N) is 1. The van der Waals surface area contributed by atoms with Crippen LogP contribution in [0.25, 0.3) is 0 Å². The maximum Gasteiger partial charge on any atom is 0.407 e. The Hall–Kier alpha value is -1.32. The van der Waals surface area contributed by atoms with E-state index < -0.39 is 11.7 Å². The first-order valence-electron chi connectivity index (χ1n) is 4.97. The topological polar surface area (TPSA) is 55.4 Å². The van der Waals surface area contributed by atoms with Crippen molar-refractivity contribution >= 4 is 11.9 Å². The zero-order valence-corrected chi connectivity index (χ0v) is 9.63. The van der Waals surface area contributed by atoms with Crippen LogP contribution in [-0.2, 0) is 9.53 Å². The largest absolute Gasteiger partial charge is 0.444 e. The Morgan fingerprint density at radius 2 is 2.00 bits per heavy atom. The Kier molecular flexibility index (Phi) is 5.67. The number of ketones is 1. The number of carbonyl (C=O) groups excluding carboxylic acids is 2. The van der Waals surface area contributed by atoms with Gasteiger partial charge in [0.2, 0.25) is 0 Å². The molecule has 0 aromatic heterocycles. The summed E-state index contributed by atoms with van der Waals surface area (Å²) in [6.45, 7) is 9.20. The van der Waals surface area contributed by atoms with Gasteiger partial charge in [0.25, 0.3) is 0 Å².